The normalized spacial score (nSPS) is 10.3. The van der Waals surface area contributed by atoms with E-state index < -0.39 is 0 Å². The van der Waals surface area contributed by atoms with Crippen molar-refractivity contribution in [2.75, 3.05) is 13.4 Å². The van der Waals surface area contributed by atoms with Crippen molar-refractivity contribution in [3.8, 4) is 16.9 Å². The van der Waals surface area contributed by atoms with Crippen LogP contribution in [0.15, 0.2) is 47.4 Å². The number of methoxy groups -OCH3 is 1. The molecule has 0 bridgehead atoms. The fraction of sp³-hybridized carbons (Fsp3) is 0.200. The van der Waals surface area contributed by atoms with Crippen molar-refractivity contribution in [2.45, 2.75) is 11.8 Å². The van der Waals surface area contributed by atoms with Crippen LogP contribution < -0.4 is 4.74 Å². The first-order chi connectivity index (χ1) is 8.26. The molecule has 0 N–H and O–H groups in total. The van der Waals surface area contributed by atoms with Gasteiger partial charge in [-0.3, -0.25) is 0 Å². The van der Waals surface area contributed by atoms with E-state index in [4.69, 9.17) is 4.74 Å². The van der Waals surface area contributed by atoms with Gasteiger partial charge in [-0.25, -0.2) is 0 Å². The maximum absolute atomic E-state index is 5.29. The molecule has 0 aliphatic heterocycles. The van der Waals surface area contributed by atoms with Gasteiger partial charge < -0.3 is 4.74 Å². The average Bonchev–Trinajstić information content (AvgIpc) is 2.38. The number of hydrogen-bond acceptors (Lipinski definition) is 1. The van der Waals surface area contributed by atoms with Crippen LogP contribution in [0, 0.1) is 6.92 Å². The third-order valence-electron chi connectivity index (χ3n) is 2.85. The predicted molar refractivity (Wildman–Crippen MR) is 76.1 cm³/mol. The van der Waals surface area contributed by atoms with E-state index in [2.05, 4.69) is 49.6 Å². The minimum absolute atomic E-state index is 0.945. The summed E-state index contributed by atoms with van der Waals surface area (Å²) in [5.41, 5.74) is 3.74. The Kier molecular flexibility index (Phi) is 3.75. The van der Waals surface area contributed by atoms with Gasteiger partial charge in [0.25, 0.3) is 0 Å². The van der Waals surface area contributed by atoms with Gasteiger partial charge in [-0.1, -0.05) is 18.2 Å². The smallest absolute Gasteiger partial charge is 0.160 e. The van der Waals surface area contributed by atoms with E-state index in [-0.39, 0.29) is 0 Å². The number of hydrogen-bond donors (Lipinski definition) is 0. The summed E-state index contributed by atoms with van der Waals surface area (Å²) in [6.07, 6.45) is 2.16. The molecule has 0 aromatic heterocycles. The minimum Gasteiger partial charge on any atom is -0.496 e. The maximum atomic E-state index is 5.29. The van der Waals surface area contributed by atoms with Gasteiger partial charge >= 0.3 is 0 Å². The SMILES string of the molecule is COc1ccc(-c2ccccc2[SH+]C)cc1C. The third kappa shape index (κ3) is 2.47. The summed E-state index contributed by atoms with van der Waals surface area (Å²) in [6.45, 7) is 2.08. The second-order valence-electron chi connectivity index (χ2n) is 3.93. The first kappa shape index (κ1) is 12.1. The molecule has 1 nitrogen and oxygen atoms in total. The van der Waals surface area contributed by atoms with Gasteiger partial charge in [0.1, 0.15) is 12.0 Å². The van der Waals surface area contributed by atoms with Gasteiger partial charge in [0, 0.05) is 17.3 Å². The highest BCUT2D eigenvalue weighted by molar-refractivity contribution is 7.78. The molecule has 0 radical (unpaired) electrons. The van der Waals surface area contributed by atoms with Crippen LogP contribution >= 0.6 is 0 Å². The Balaban J connectivity index is 2.49. The van der Waals surface area contributed by atoms with E-state index >= 15 is 0 Å². The molecule has 2 heteroatoms. The lowest BCUT2D eigenvalue weighted by Crippen LogP contribution is -1.90. The Morgan fingerprint density at radius 1 is 1.06 bits per heavy atom. The molecule has 0 atom stereocenters. The number of benzene rings is 2. The van der Waals surface area contributed by atoms with Crippen LogP contribution in [0.3, 0.4) is 0 Å². The topological polar surface area (TPSA) is 9.23 Å². The maximum Gasteiger partial charge on any atom is 0.160 e. The zero-order chi connectivity index (χ0) is 12.3. The lowest BCUT2D eigenvalue weighted by atomic mass is 10.0. The lowest BCUT2D eigenvalue weighted by Gasteiger charge is -2.08. The molecule has 2 aromatic rings. The third-order valence-corrected chi connectivity index (χ3v) is 3.72. The highest BCUT2D eigenvalue weighted by Gasteiger charge is 2.09. The van der Waals surface area contributed by atoms with Gasteiger partial charge in [-0.05, 0) is 42.3 Å². The van der Waals surface area contributed by atoms with Crippen LogP contribution in [0.5, 0.6) is 5.75 Å². The Hall–Kier alpha value is -1.41. The number of thiol groups is 1. The Labute approximate surface area is 107 Å². The minimum atomic E-state index is 0.945. The van der Waals surface area contributed by atoms with Gasteiger partial charge in [-0.2, -0.15) is 0 Å². The largest absolute Gasteiger partial charge is 0.496 e. The zero-order valence-corrected chi connectivity index (χ0v) is 11.3. The van der Waals surface area contributed by atoms with Gasteiger partial charge in [0.15, 0.2) is 4.90 Å². The molecular formula is C15H17OS+. The average molecular weight is 245 g/mol. The summed E-state index contributed by atoms with van der Waals surface area (Å²) in [6, 6.07) is 14.9. The zero-order valence-electron chi connectivity index (χ0n) is 10.4. The lowest BCUT2D eigenvalue weighted by molar-refractivity contribution is 0.412. The second kappa shape index (κ2) is 5.28. The van der Waals surface area contributed by atoms with Crippen LogP contribution in [-0.4, -0.2) is 13.4 Å². The molecule has 0 spiro atoms. The van der Waals surface area contributed by atoms with E-state index in [0.717, 1.165) is 5.75 Å². The quantitative estimate of drug-likeness (QED) is 0.594. The van der Waals surface area contributed by atoms with E-state index in [1.807, 2.05) is 6.07 Å². The molecule has 88 valence electrons. The van der Waals surface area contributed by atoms with Gasteiger partial charge in [0.05, 0.1) is 7.11 Å². The predicted octanol–water partition coefficient (Wildman–Crippen LogP) is 3.47. The highest BCUT2D eigenvalue weighted by Crippen LogP contribution is 2.29. The fourth-order valence-electron chi connectivity index (χ4n) is 1.96. The molecule has 0 amide bonds. The van der Waals surface area contributed by atoms with Crippen LogP contribution in [0.25, 0.3) is 11.1 Å². The second-order valence-corrected chi connectivity index (χ2v) is 4.85. The molecule has 0 unspecified atom stereocenters. The van der Waals surface area contributed by atoms with E-state index in [9.17, 15) is 0 Å². The van der Waals surface area contributed by atoms with Gasteiger partial charge in [-0.15, -0.1) is 0 Å². The van der Waals surface area contributed by atoms with E-state index in [1.165, 1.54) is 33.3 Å². The summed E-state index contributed by atoms with van der Waals surface area (Å²) in [5, 5.41) is 0. The van der Waals surface area contributed by atoms with E-state index in [1.54, 1.807) is 7.11 Å². The van der Waals surface area contributed by atoms with E-state index in [0.29, 0.717) is 0 Å². The van der Waals surface area contributed by atoms with Crippen molar-refractivity contribution >= 4 is 11.8 Å². The van der Waals surface area contributed by atoms with Gasteiger partial charge in [0.2, 0.25) is 0 Å². The van der Waals surface area contributed by atoms with Crippen molar-refractivity contribution in [2.24, 2.45) is 0 Å². The van der Waals surface area contributed by atoms with Crippen molar-refractivity contribution in [3.05, 3.63) is 48.0 Å². The Morgan fingerprint density at radius 2 is 1.82 bits per heavy atom. The Bertz CT molecular complexity index is 520. The number of ether oxygens (including phenoxy) is 1. The molecule has 0 heterocycles. The molecule has 0 saturated heterocycles. The van der Waals surface area contributed by atoms with Crippen LogP contribution in [0.4, 0.5) is 0 Å². The molecule has 17 heavy (non-hydrogen) atoms. The summed E-state index contributed by atoms with van der Waals surface area (Å²) in [5.74, 6) is 0.945. The molecular weight excluding hydrogens is 228 g/mol. The van der Waals surface area contributed by atoms with Crippen LogP contribution in [0.1, 0.15) is 5.56 Å². The first-order valence-electron chi connectivity index (χ1n) is 5.60. The fourth-order valence-corrected chi connectivity index (χ4v) is 2.64. The standard InChI is InChI=1S/C15H16OS/c1-11-10-12(8-9-14(11)16-2)13-6-4-5-7-15(13)17-3/h4-10H,1-3H3/p+1. The van der Waals surface area contributed by atoms with Crippen molar-refractivity contribution < 1.29 is 4.74 Å². The number of aryl methyl sites for hydroxylation is 1. The summed E-state index contributed by atoms with van der Waals surface area (Å²) in [4.78, 5) is 1.36. The summed E-state index contributed by atoms with van der Waals surface area (Å²) in [7, 11) is 1.71. The van der Waals surface area contributed by atoms with Crippen LogP contribution in [0.2, 0.25) is 0 Å². The molecule has 0 aliphatic carbocycles. The molecule has 0 fully saturated rings. The van der Waals surface area contributed by atoms with Crippen LogP contribution in [-0.2, 0) is 11.8 Å². The number of rotatable bonds is 3. The highest BCUT2D eigenvalue weighted by atomic mass is 32.2. The van der Waals surface area contributed by atoms with Crippen molar-refractivity contribution in [3.63, 3.8) is 0 Å². The molecule has 2 aromatic carbocycles. The monoisotopic (exact) mass is 245 g/mol. The Morgan fingerprint density at radius 3 is 2.47 bits per heavy atom. The molecule has 2 rings (SSSR count). The molecule has 0 saturated carbocycles. The van der Waals surface area contributed by atoms with Crippen molar-refractivity contribution in [1.29, 1.82) is 0 Å². The first-order valence-corrected chi connectivity index (χ1v) is 6.94. The molecule has 0 aliphatic rings. The van der Waals surface area contributed by atoms with Crippen molar-refractivity contribution in [1.82, 2.24) is 0 Å². The summed E-state index contributed by atoms with van der Waals surface area (Å²) >= 11 is 1.30. The summed E-state index contributed by atoms with van der Waals surface area (Å²) < 4.78 is 5.29.